The lowest BCUT2D eigenvalue weighted by Crippen LogP contribution is -2.60. The molecule has 0 aliphatic carbocycles. The Morgan fingerprint density at radius 1 is 1.38 bits per heavy atom. The van der Waals surface area contributed by atoms with Crippen molar-refractivity contribution in [3.05, 3.63) is 0 Å². The molecule has 2 N–H and O–H groups in total. The second kappa shape index (κ2) is 6.75. The summed E-state index contributed by atoms with van der Waals surface area (Å²) in [6.07, 6.45) is 3.24. The fourth-order valence-electron chi connectivity index (χ4n) is 3.23. The monoisotopic (exact) mass is 298 g/mol. The minimum atomic E-state index is -1.08. The van der Waals surface area contributed by atoms with Crippen molar-refractivity contribution >= 4 is 11.9 Å². The van der Waals surface area contributed by atoms with Gasteiger partial charge >= 0.3 is 5.97 Å². The fraction of sp³-hybridized carbons (Fsp3) is 0.867. The number of nitrogens with zero attached hydrogens (tertiary/aromatic N) is 1. The molecule has 1 amide bonds. The lowest BCUT2D eigenvalue weighted by atomic mass is 9.86. The van der Waals surface area contributed by atoms with Crippen LogP contribution in [0.2, 0.25) is 0 Å². The lowest BCUT2D eigenvalue weighted by Gasteiger charge is -2.43. The highest BCUT2D eigenvalue weighted by Gasteiger charge is 2.47. The zero-order valence-electron chi connectivity index (χ0n) is 12.9. The van der Waals surface area contributed by atoms with Crippen LogP contribution in [0.5, 0.6) is 0 Å². The number of hydrogen-bond donors (Lipinski definition) is 2. The standard InChI is InChI=1S/C15H26N2O4/c1-3-7-16-12-10-21-9-11(12)13(18)17-8-5-4-6-15(17,2)14(19)20/h11-12,16H,3-10H2,1-2H3,(H,19,20). The summed E-state index contributed by atoms with van der Waals surface area (Å²) in [6, 6.07) is -0.00239. The molecule has 6 nitrogen and oxygen atoms in total. The van der Waals surface area contributed by atoms with E-state index < -0.39 is 11.5 Å². The van der Waals surface area contributed by atoms with Gasteiger partial charge in [0, 0.05) is 12.6 Å². The molecule has 0 aromatic carbocycles. The summed E-state index contributed by atoms with van der Waals surface area (Å²) in [6.45, 7) is 6.01. The van der Waals surface area contributed by atoms with Crippen LogP contribution in [0, 0.1) is 5.92 Å². The van der Waals surface area contributed by atoms with Gasteiger partial charge in [-0.3, -0.25) is 4.79 Å². The Morgan fingerprint density at radius 3 is 2.81 bits per heavy atom. The first-order chi connectivity index (χ1) is 10.0. The van der Waals surface area contributed by atoms with Crippen LogP contribution in [0.3, 0.4) is 0 Å². The zero-order valence-corrected chi connectivity index (χ0v) is 12.9. The quantitative estimate of drug-likeness (QED) is 0.787. The predicted octanol–water partition coefficient (Wildman–Crippen LogP) is 0.857. The minimum absolute atomic E-state index is 0.00239. The van der Waals surface area contributed by atoms with Gasteiger partial charge in [-0.2, -0.15) is 0 Å². The topological polar surface area (TPSA) is 78.9 Å². The second-order valence-corrected chi connectivity index (χ2v) is 6.23. The number of carbonyl (C=O) groups excluding carboxylic acids is 1. The van der Waals surface area contributed by atoms with E-state index in [2.05, 4.69) is 12.2 Å². The highest BCUT2D eigenvalue weighted by atomic mass is 16.5. The van der Waals surface area contributed by atoms with Crippen molar-refractivity contribution in [2.24, 2.45) is 5.92 Å². The molecular formula is C15H26N2O4. The van der Waals surface area contributed by atoms with E-state index in [1.54, 1.807) is 11.8 Å². The highest BCUT2D eigenvalue weighted by molar-refractivity contribution is 5.88. The number of carboxylic acids is 1. The third-order valence-electron chi connectivity index (χ3n) is 4.67. The normalized spacial score (nSPS) is 33.1. The molecule has 2 aliphatic rings. The number of likely N-dealkylation sites (tertiary alicyclic amines) is 1. The number of hydrogen-bond acceptors (Lipinski definition) is 4. The molecule has 2 heterocycles. The molecule has 0 bridgehead atoms. The van der Waals surface area contributed by atoms with Gasteiger partial charge in [0.05, 0.1) is 19.1 Å². The Hall–Kier alpha value is -1.14. The minimum Gasteiger partial charge on any atom is -0.480 e. The second-order valence-electron chi connectivity index (χ2n) is 6.23. The molecule has 0 saturated carbocycles. The van der Waals surface area contributed by atoms with Crippen LogP contribution >= 0.6 is 0 Å². The van der Waals surface area contributed by atoms with Crippen molar-refractivity contribution in [1.29, 1.82) is 0 Å². The number of ether oxygens (including phenoxy) is 1. The number of carboxylic acid groups (broad SMARTS) is 1. The molecule has 0 aromatic rings. The molecule has 0 spiro atoms. The third-order valence-corrected chi connectivity index (χ3v) is 4.67. The Labute approximate surface area is 125 Å². The summed E-state index contributed by atoms with van der Waals surface area (Å²) in [7, 11) is 0. The van der Waals surface area contributed by atoms with Crippen molar-refractivity contribution < 1.29 is 19.4 Å². The molecule has 0 aromatic heterocycles. The van der Waals surface area contributed by atoms with Crippen LogP contribution in [-0.2, 0) is 14.3 Å². The van der Waals surface area contributed by atoms with Crippen molar-refractivity contribution in [1.82, 2.24) is 10.2 Å². The van der Waals surface area contributed by atoms with Gasteiger partial charge in [0.25, 0.3) is 0 Å². The number of aliphatic carboxylic acids is 1. The van der Waals surface area contributed by atoms with Crippen molar-refractivity contribution in [2.45, 2.75) is 51.1 Å². The van der Waals surface area contributed by atoms with Crippen molar-refractivity contribution in [3.63, 3.8) is 0 Å². The van der Waals surface area contributed by atoms with Crippen molar-refractivity contribution in [2.75, 3.05) is 26.3 Å². The van der Waals surface area contributed by atoms with Gasteiger partial charge in [-0.05, 0) is 39.2 Å². The van der Waals surface area contributed by atoms with Crippen LogP contribution in [0.4, 0.5) is 0 Å². The average molecular weight is 298 g/mol. The molecule has 6 heteroatoms. The molecule has 3 atom stereocenters. The first-order valence-corrected chi connectivity index (χ1v) is 7.86. The number of carbonyl (C=O) groups is 2. The molecule has 3 unspecified atom stereocenters. The van der Waals surface area contributed by atoms with Gasteiger partial charge < -0.3 is 20.1 Å². The van der Waals surface area contributed by atoms with Gasteiger partial charge in [-0.15, -0.1) is 0 Å². The Bertz CT molecular complexity index is 401. The fourth-order valence-corrected chi connectivity index (χ4v) is 3.23. The van der Waals surface area contributed by atoms with E-state index in [0.29, 0.717) is 26.2 Å². The largest absolute Gasteiger partial charge is 0.480 e. The van der Waals surface area contributed by atoms with Crippen LogP contribution in [0.1, 0.15) is 39.5 Å². The number of piperidine rings is 1. The predicted molar refractivity (Wildman–Crippen MR) is 78.0 cm³/mol. The molecule has 2 aliphatic heterocycles. The number of nitrogens with one attached hydrogen (secondary N) is 1. The first kappa shape index (κ1) is 16.2. The van der Waals surface area contributed by atoms with Crippen LogP contribution in [-0.4, -0.2) is 59.8 Å². The van der Waals surface area contributed by atoms with Gasteiger partial charge in [0.2, 0.25) is 5.91 Å². The van der Waals surface area contributed by atoms with Gasteiger partial charge in [-0.25, -0.2) is 4.79 Å². The van der Waals surface area contributed by atoms with E-state index in [0.717, 1.165) is 25.8 Å². The van der Waals surface area contributed by atoms with Crippen molar-refractivity contribution in [3.8, 4) is 0 Å². The van der Waals surface area contributed by atoms with E-state index >= 15 is 0 Å². The van der Waals surface area contributed by atoms with Gasteiger partial charge in [0.15, 0.2) is 0 Å². The molecule has 0 radical (unpaired) electrons. The molecule has 120 valence electrons. The van der Waals surface area contributed by atoms with E-state index in [1.807, 2.05) is 0 Å². The summed E-state index contributed by atoms with van der Waals surface area (Å²) in [5, 5.41) is 12.9. The maximum absolute atomic E-state index is 12.8. The summed E-state index contributed by atoms with van der Waals surface area (Å²) in [5.74, 6) is -1.26. The van der Waals surface area contributed by atoms with Crippen LogP contribution < -0.4 is 5.32 Å². The molecular weight excluding hydrogens is 272 g/mol. The molecule has 2 rings (SSSR count). The Morgan fingerprint density at radius 2 is 2.14 bits per heavy atom. The maximum atomic E-state index is 12.8. The number of rotatable bonds is 5. The summed E-state index contributed by atoms with van der Waals surface area (Å²) in [5.41, 5.74) is -1.08. The van der Waals surface area contributed by atoms with E-state index in [4.69, 9.17) is 4.74 Å². The average Bonchev–Trinajstić information content (AvgIpc) is 2.93. The molecule has 2 fully saturated rings. The van der Waals surface area contributed by atoms with Crippen LogP contribution in [0.15, 0.2) is 0 Å². The van der Waals surface area contributed by atoms with Crippen LogP contribution in [0.25, 0.3) is 0 Å². The van der Waals surface area contributed by atoms with Gasteiger partial charge in [0.1, 0.15) is 5.54 Å². The SMILES string of the molecule is CCCNC1COCC1C(=O)N1CCCCC1(C)C(=O)O. The molecule has 2 saturated heterocycles. The molecule has 21 heavy (non-hydrogen) atoms. The lowest BCUT2D eigenvalue weighted by molar-refractivity contribution is -0.163. The summed E-state index contributed by atoms with van der Waals surface area (Å²) >= 11 is 0. The smallest absolute Gasteiger partial charge is 0.329 e. The zero-order chi connectivity index (χ0) is 15.5. The van der Waals surface area contributed by atoms with E-state index in [9.17, 15) is 14.7 Å². The first-order valence-electron chi connectivity index (χ1n) is 7.86. The van der Waals surface area contributed by atoms with E-state index in [1.165, 1.54) is 0 Å². The Balaban J connectivity index is 2.11. The maximum Gasteiger partial charge on any atom is 0.329 e. The van der Waals surface area contributed by atoms with E-state index in [-0.39, 0.29) is 17.9 Å². The highest BCUT2D eigenvalue weighted by Crippen LogP contribution is 2.31. The third kappa shape index (κ3) is 3.21. The number of amides is 1. The Kier molecular flexibility index (Phi) is 5.22. The van der Waals surface area contributed by atoms with Gasteiger partial charge in [-0.1, -0.05) is 6.92 Å². The summed E-state index contributed by atoms with van der Waals surface area (Å²) in [4.78, 5) is 26.0. The summed E-state index contributed by atoms with van der Waals surface area (Å²) < 4.78 is 5.45.